The maximum atomic E-state index is 14.2. The van der Waals surface area contributed by atoms with Crippen molar-refractivity contribution in [2.24, 2.45) is 0 Å². The number of carbonyl (C=O) groups is 5. The van der Waals surface area contributed by atoms with Crippen molar-refractivity contribution in [3.63, 3.8) is 0 Å². The predicted octanol–water partition coefficient (Wildman–Crippen LogP) is 13.4. The molecule has 0 bridgehead atoms. The van der Waals surface area contributed by atoms with Crippen molar-refractivity contribution in [3.05, 3.63) is 190 Å². The van der Waals surface area contributed by atoms with Gasteiger partial charge in [0.2, 0.25) is 11.8 Å². The molecule has 23 heteroatoms. The molecule has 0 unspecified atom stereocenters. The second kappa shape index (κ2) is 32.5. The lowest BCUT2D eigenvalue weighted by atomic mass is 9.72. The fourth-order valence-corrected chi connectivity index (χ4v) is 13.9. The first kappa shape index (κ1) is 72.4. The predicted molar refractivity (Wildman–Crippen MR) is 360 cm³/mol. The number of carbonyl (C=O) groups excluding carboxylic acids is 5. The van der Waals surface area contributed by atoms with E-state index >= 15 is 0 Å². The minimum Gasteiger partial charge on any atom is -0.446 e. The highest BCUT2D eigenvalue weighted by Crippen LogP contribution is 2.49. The minimum atomic E-state index is -5.15. The number of hydrogen-bond acceptors (Lipinski definition) is 11. The molecule has 5 amide bonds. The molecule has 524 valence electrons. The molecule has 16 nitrogen and oxygen atoms in total. The van der Waals surface area contributed by atoms with Gasteiger partial charge in [0.1, 0.15) is 30.9 Å². The van der Waals surface area contributed by atoms with Gasteiger partial charge in [-0.15, -0.1) is 0 Å². The lowest BCUT2D eigenvalue weighted by Gasteiger charge is -2.44. The van der Waals surface area contributed by atoms with Crippen LogP contribution in [-0.4, -0.2) is 178 Å². The van der Waals surface area contributed by atoms with Crippen LogP contribution in [0.5, 0.6) is 0 Å². The number of anilines is 2. The van der Waals surface area contributed by atoms with Gasteiger partial charge in [-0.1, -0.05) is 97.8 Å². The van der Waals surface area contributed by atoms with Gasteiger partial charge in [0, 0.05) is 108 Å². The monoisotopic (exact) mass is 1360 g/mol. The summed E-state index contributed by atoms with van der Waals surface area (Å²) >= 11 is 0. The molecule has 2 atom stereocenters. The van der Waals surface area contributed by atoms with Gasteiger partial charge >= 0.3 is 18.4 Å². The number of alkyl halides is 6. The molecule has 98 heavy (non-hydrogen) atoms. The number of likely N-dealkylation sites (tertiary alicyclic amines) is 2. The first-order valence-corrected chi connectivity index (χ1v) is 33.8. The van der Waals surface area contributed by atoms with Gasteiger partial charge < -0.3 is 48.9 Å². The largest absolute Gasteiger partial charge is 0.446 e. The standard InChI is InChI=1S/C75H87F7N8O8/c1-85(37-15-38-87(3)69(93)54-23-29-61(30-24-54)83-36-14-5-4-9-22-67(91)86(2)44-45-88-39-31-62(32-40-88)98-71(95)84-65-21-13-11-19-63(65)53-16-7-6-8-17-53)68(92)50-96-66-48-55-18-10-12-20-64(55)72(66)33-41-89(42-34-72)43-35-73(57-25-27-60(76)28-26-57)51-90(52-97-73)70(94)56-46-58(74(77,78)79)49-59(47-56)75(80,81)82/h6-8,10-13,16-21,23-30,46-47,49,62,66,83H,4-5,9,14-15,22,31-45,48,50-52H2,1-3H3,(H,84,95)/t66-,73-/m0/s1. The maximum Gasteiger partial charge on any atom is 0.416 e. The SMILES string of the molecule is CN(CCN1CCC(OC(=O)Nc2ccccc2-c2ccccc2)CC1)C(=O)CCCCCCNc1ccc(C(=O)N(C)CCCN(C)C(=O)CO[C@H]2Cc3ccccc3C23CCN(CC[C@@]2(c4ccc(F)cc4)CN(C(=O)c4cc(C(F)(F)F)cc(C(F)(F)F)c4)CO2)CC3)cc1. The van der Waals surface area contributed by atoms with E-state index in [-0.39, 0.29) is 55.6 Å². The number of benzene rings is 6. The number of unbranched alkanes of at least 4 members (excludes halogenated alkanes) is 3. The Kier molecular flexibility index (Phi) is 24.0. The van der Waals surface area contributed by atoms with E-state index < -0.39 is 64.6 Å². The van der Waals surface area contributed by atoms with Crippen LogP contribution in [0, 0.1) is 5.82 Å². The topological polar surface area (TPSA) is 157 Å². The van der Waals surface area contributed by atoms with Crippen molar-refractivity contribution in [1.82, 2.24) is 29.4 Å². The second-order valence-electron chi connectivity index (χ2n) is 26.3. The molecule has 0 saturated carbocycles. The number of fused-ring (bicyclic) bond motifs is 2. The zero-order valence-electron chi connectivity index (χ0n) is 55.8. The Bertz CT molecular complexity index is 3650. The van der Waals surface area contributed by atoms with E-state index in [0.29, 0.717) is 100 Å². The van der Waals surface area contributed by atoms with Gasteiger partial charge in [-0.2, -0.15) is 26.3 Å². The van der Waals surface area contributed by atoms with Crippen LogP contribution in [0.25, 0.3) is 11.1 Å². The zero-order chi connectivity index (χ0) is 69.6. The number of piperidine rings is 2. The summed E-state index contributed by atoms with van der Waals surface area (Å²) in [6.45, 7) is 5.41. The number of para-hydroxylation sites is 1. The van der Waals surface area contributed by atoms with Gasteiger partial charge in [-0.3, -0.25) is 24.5 Å². The summed E-state index contributed by atoms with van der Waals surface area (Å²) < 4.78 is 116. The Morgan fingerprint density at radius 2 is 1.28 bits per heavy atom. The Labute approximate surface area is 568 Å². The summed E-state index contributed by atoms with van der Waals surface area (Å²) in [5.41, 5.74) is 1.23. The van der Waals surface area contributed by atoms with E-state index in [2.05, 4.69) is 32.6 Å². The van der Waals surface area contributed by atoms with Crippen molar-refractivity contribution in [2.75, 3.05) is 117 Å². The molecule has 0 radical (unpaired) electrons. The molecule has 1 aliphatic carbocycles. The molecule has 1 spiro atoms. The maximum absolute atomic E-state index is 14.2. The van der Waals surface area contributed by atoms with E-state index in [1.807, 2.05) is 90.8 Å². The molecule has 10 rings (SSSR count). The van der Waals surface area contributed by atoms with Gasteiger partial charge in [-0.05, 0) is 154 Å². The Morgan fingerprint density at radius 3 is 1.98 bits per heavy atom. The minimum absolute atomic E-state index is 0.0279. The first-order chi connectivity index (χ1) is 47.0. The number of rotatable bonds is 27. The van der Waals surface area contributed by atoms with E-state index in [0.717, 1.165) is 97.5 Å². The van der Waals surface area contributed by atoms with Crippen LogP contribution < -0.4 is 10.6 Å². The van der Waals surface area contributed by atoms with E-state index in [9.17, 15) is 54.7 Å². The quantitative estimate of drug-likeness (QED) is 0.0374. The van der Waals surface area contributed by atoms with Gasteiger partial charge in [0.05, 0.1) is 29.5 Å². The molecular formula is C75H87F7N8O8. The third-order valence-electron chi connectivity index (χ3n) is 19.8. The fraction of sp³-hybridized carbons (Fsp3) is 0.453. The van der Waals surface area contributed by atoms with Crippen LogP contribution in [0.15, 0.2) is 146 Å². The number of amides is 5. The third kappa shape index (κ3) is 18.5. The highest BCUT2D eigenvalue weighted by Gasteiger charge is 2.50. The lowest BCUT2D eigenvalue weighted by molar-refractivity contribution is -0.143. The van der Waals surface area contributed by atoms with Crippen molar-refractivity contribution >= 4 is 41.1 Å². The van der Waals surface area contributed by atoms with Gasteiger partial charge in [0.15, 0.2) is 0 Å². The molecule has 3 heterocycles. The van der Waals surface area contributed by atoms with Crippen molar-refractivity contribution < 1.29 is 68.9 Å². The number of halogens is 7. The molecule has 6 aromatic rings. The fourth-order valence-electron chi connectivity index (χ4n) is 13.9. The van der Waals surface area contributed by atoms with Crippen LogP contribution in [0.4, 0.5) is 46.9 Å². The average molecular weight is 1360 g/mol. The van der Waals surface area contributed by atoms with Crippen LogP contribution in [0.2, 0.25) is 0 Å². The summed E-state index contributed by atoms with van der Waals surface area (Å²) in [7, 11) is 5.32. The first-order valence-electron chi connectivity index (χ1n) is 33.8. The zero-order valence-corrected chi connectivity index (χ0v) is 55.8. The molecule has 6 aromatic carbocycles. The van der Waals surface area contributed by atoms with Crippen molar-refractivity contribution in [2.45, 2.75) is 113 Å². The molecule has 0 aromatic heterocycles. The Morgan fingerprint density at radius 1 is 0.643 bits per heavy atom. The molecule has 3 aliphatic heterocycles. The highest BCUT2D eigenvalue weighted by atomic mass is 19.4. The highest BCUT2D eigenvalue weighted by molar-refractivity contribution is 5.95. The second-order valence-corrected chi connectivity index (χ2v) is 26.3. The Balaban J connectivity index is 0.596. The smallest absolute Gasteiger partial charge is 0.416 e. The molecule has 4 aliphatic rings. The van der Waals surface area contributed by atoms with Crippen LogP contribution >= 0.6 is 0 Å². The van der Waals surface area contributed by atoms with Crippen LogP contribution in [0.1, 0.15) is 119 Å². The van der Waals surface area contributed by atoms with E-state index in [4.69, 9.17) is 14.2 Å². The van der Waals surface area contributed by atoms with Gasteiger partial charge in [0.25, 0.3) is 11.8 Å². The van der Waals surface area contributed by atoms with Crippen LogP contribution in [0.3, 0.4) is 0 Å². The summed E-state index contributed by atoms with van der Waals surface area (Å²) in [4.78, 5) is 77.4. The molecule has 2 N–H and O–H groups in total. The Hall–Kier alpha value is -8.38. The van der Waals surface area contributed by atoms with E-state index in [1.165, 1.54) is 24.3 Å². The average Bonchev–Trinajstić information content (AvgIpc) is 1.59. The normalized spacial score (nSPS) is 18.1. The molecule has 3 saturated heterocycles. The summed E-state index contributed by atoms with van der Waals surface area (Å²) in [6.07, 6.45) is -2.84. The van der Waals surface area contributed by atoms with Crippen LogP contribution in [-0.2, 0) is 53.6 Å². The van der Waals surface area contributed by atoms with E-state index in [1.54, 1.807) is 36.0 Å². The summed E-state index contributed by atoms with van der Waals surface area (Å²) in [5.74, 6) is -1.79. The van der Waals surface area contributed by atoms with Gasteiger partial charge in [-0.25, -0.2) is 9.18 Å². The van der Waals surface area contributed by atoms with Crippen molar-refractivity contribution in [3.8, 4) is 11.1 Å². The van der Waals surface area contributed by atoms with Crippen molar-refractivity contribution in [1.29, 1.82) is 0 Å². The summed E-state index contributed by atoms with van der Waals surface area (Å²) in [5, 5.41) is 6.37. The molecular weight excluding hydrogens is 1270 g/mol. The number of likely N-dealkylation sites (N-methyl/N-ethyl adjacent to an activating group) is 2. The third-order valence-corrected chi connectivity index (χ3v) is 19.8. The number of nitrogens with one attached hydrogen (secondary N) is 2. The summed E-state index contributed by atoms with van der Waals surface area (Å²) in [6, 6.07) is 39.4. The number of nitrogens with zero attached hydrogens (tertiary/aromatic N) is 6. The number of hydrogen-bond donors (Lipinski definition) is 2. The molecule has 3 fully saturated rings. The number of ether oxygens (including phenoxy) is 3. The lowest BCUT2D eigenvalue weighted by Crippen LogP contribution is -2.50.